The van der Waals surface area contributed by atoms with Gasteiger partial charge in [-0.15, -0.1) is 0 Å². The second-order valence-corrected chi connectivity index (χ2v) is 69.7. The fourth-order valence-electron chi connectivity index (χ4n) is 15.2. The van der Waals surface area contributed by atoms with Crippen molar-refractivity contribution >= 4 is 102 Å². The van der Waals surface area contributed by atoms with E-state index in [9.17, 15) is 39.9 Å². The molecule has 5 aliphatic rings. The molecule has 0 aromatic carbocycles. The molecule has 5 saturated carbocycles. The third-order valence-corrected chi connectivity index (χ3v) is 55.1. The van der Waals surface area contributed by atoms with Gasteiger partial charge in [0.15, 0.2) is 25.0 Å². The first kappa shape index (κ1) is 110. The minimum atomic E-state index is -2.58. The molecule has 2 unspecified atom stereocenters. The van der Waals surface area contributed by atoms with Gasteiger partial charge in [-0.1, -0.05) is 92.1 Å². The third kappa shape index (κ3) is 33.8. The molecule has 25 nitrogen and oxygen atoms in total. The Morgan fingerprint density at radius 3 is 1.01 bits per heavy atom. The maximum atomic E-state index is 13.6. The van der Waals surface area contributed by atoms with Crippen LogP contribution >= 0.6 is 23.2 Å². The molecule has 8 aromatic rings. The predicted molar refractivity (Wildman–Crippen MR) is 529 cm³/mol. The number of nitrogens with zero attached hydrogens (tertiary/aromatic N) is 16. The van der Waals surface area contributed by atoms with E-state index in [0.29, 0.717) is 124 Å². The number of carbonyl (C=O) groups excluding carboxylic acids is 1. The van der Waals surface area contributed by atoms with Crippen LogP contribution in [0.3, 0.4) is 0 Å². The zero-order valence-corrected chi connectivity index (χ0v) is 89.6. The number of Topliss-reactive ketones (excluding diaryl/α,β-unsaturated/α-hetero) is 1. The number of unbranched alkanes of at least 4 members (excludes halogenated alkanes) is 3. The number of hydrogen-bond acceptors (Lipinski definition) is 21. The number of aromatic nitrogens is 16. The van der Waals surface area contributed by atoms with E-state index in [1.165, 1.54) is 43.2 Å². The summed E-state index contributed by atoms with van der Waals surface area (Å²) in [6, 6.07) is 13.8. The van der Waals surface area contributed by atoms with Crippen LogP contribution in [0.15, 0.2) is 90.6 Å². The summed E-state index contributed by atoms with van der Waals surface area (Å²) in [7, 11) is -5.66. The van der Waals surface area contributed by atoms with Crippen molar-refractivity contribution < 1.29 is 58.3 Å². The number of aliphatic hydroxyl groups is 1. The molecule has 8 heterocycles. The maximum absolute atomic E-state index is 13.6. The Labute approximate surface area is 805 Å². The van der Waals surface area contributed by atoms with Gasteiger partial charge >= 0.3 is 102 Å². The molecular weight excluding hydrogens is 1930 g/mol. The molecule has 0 saturated heterocycles. The first-order valence-corrected chi connectivity index (χ1v) is 64.8. The second kappa shape index (κ2) is 47.7. The Bertz CT molecular complexity index is 5040. The zero-order chi connectivity index (χ0) is 98.6. The van der Waals surface area contributed by atoms with Crippen molar-refractivity contribution in [2.75, 3.05) is 21.3 Å². The van der Waals surface area contributed by atoms with Crippen molar-refractivity contribution in [3.05, 3.63) is 135 Å². The van der Waals surface area contributed by atoms with E-state index in [1.807, 2.05) is 30.5 Å². The van der Waals surface area contributed by atoms with E-state index in [4.69, 9.17) is 46.6 Å². The van der Waals surface area contributed by atoms with Gasteiger partial charge in [0.1, 0.15) is 39.4 Å². The van der Waals surface area contributed by atoms with Crippen LogP contribution in [0.2, 0.25) is 78.0 Å². The largest absolute Gasteiger partial charge is 0.411 e. The van der Waals surface area contributed by atoms with Gasteiger partial charge < -0.3 is 39.7 Å². The van der Waals surface area contributed by atoms with Crippen molar-refractivity contribution in [2.24, 2.45) is 5.92 Å². The van der Waals surface area contributed by atoms with Crippen LogP contribution in [0.1, 0.15) is 278 Å². The number of halogens is 10. The summed E-state index contributed by atoms with van der Waals surface area (Å²) in [4.78, 5) is 47.4. The Kier molecular flexibility index (Phi) is 39.3. The van der Waals surface area contributed by atoms with Crippen molar-refractivity contribution in [1.29, 1.82) is 0 Å². The first-order chi connectivity index (χ1) is 62.7. The van der Waals surface area contributed by atoms with Crippen LogP contribution in [0, 0.1) is 5.92 Å². The quantitative estimate of drug-likeness (QED) is 0.0140. The fraction of sp³-hybridized carbons (Fsp3) is 0.653. The van der Waals surface area contributed by atoms with Crippen LogP contribution in [-0.2, 0) is 44.5 Å². The molecule has 5 aliphatic carbocycles. The third-order valence-electron chi connectivity index (χ3n) is 27.3. The van der Waals surface area contributed by atoms with Crippen LogP contribution in [-0.4, -0.2) is 181 Å². The van der Waals surface area contributed by atoms with E-state index >= 15 is 0 Å². The summed E-state index contributed by atoms with van der Waals surface area (Å²) < 4.78 is 139. The number of alkyl halides is 8. The van der Waals surface area contributed by atoms with Gasteiger partial charge in [-0.05, 0) is 149 Å². The number of rotatable bonds is 35. The Hall–Kier alpha value is -7.18. The average molecular weight is 2070 g/mol. The fourth-order valence-corrected chi connectivity index (χ4v) is 31.3. The summed E-state index contributed by atoms with van der Waals surface area (Å²) in [5.41, 5.74) is 4.30. The zero-order valence-electron chi connectivity index (χ0n) is 82.2. The number of aliphatic hydroxyl groups excluding tert-OH is 1. The van der Waals surface area contributed by atoms with Crippen LogP contribution in [0.4, 0.5) is 58.4 Å². The van der Waals surface area contributed by atoms with Crippen molar-refractivity contribution in [3.8, 4) is 23.8 Å². The summed E-state index contributed by atoms with van der Waals surface area (Å²) >= 11 is 10.3. The van der Waals surface area contributed by atoms with E-state index in [-0.39, 0.29) is 131 Å². The number of ketones is 1. The number of hydrogen-bond donors (Lipinski definition) is 5. The average Bonchev–Trinajstić information content (AvgIpc) is 1.62. The Balaban J connectivity index is 0.000000192. The summed E-state index contributed by atoms with van der Waals surface area (Å²) in [6.45, 7) is 50.6. The number of carbonyl (C=O) groups is 1. The Morgan fingerprint density at radius 2 is 0.746 bits per heavy atom. The van der Waals surface area contributed by atoms with Gasteiger partial charge in [-0.2, -0.15) is 50.3 Å². The summed E-state index contributed by atoms with van der Waals surface area (Å²) in [5.74, 6) is -6.55. The number of anilines is 4. The van der Waals surface area contributed by atoms with E-state index in [0.717, 1.165) is 29.2 Å². The summed E-state index contributed by atoms with van der Waals surface area (Å²) in [5, 5.41) is 40.7. The molecule has 134 heavy (non-hydrogen) atoms. The van der Waals surface area contributed by atoms with Crippen LogP contribution in [0.5, 0.6) is 0 Å². The van der Waals surface area contributed by atoms with E-state index in [2.05, 4.69) is 216 Å². The van der Waals surface area contributed by atoms with Crippen molar-refractivity contribution in [1.82, 2.24) is 79.0 Å². The number of nitrogens with one attached hydrogen (secondary N) is 4. The molecule has 0 radical (unpaired) electrons. The molecule has 2 atom stereocenters. The molecule has 0 aliphatic heterocycles. The van der Waals surface area contributed by atoms with E-state index in [1.54, 1.807) is 83.2 Å². The smallest absolute Gasteiger partial charge is 0.253 e. The molecule has 0 spiro atoms. The molecule has 8 aromatic heterocycles. The predicted octanol–water partition coefficient (Wildman–Crippen LogP) is 25.9. The van der Waals surface area contributed by atoms with E-state index < -0.39 is 67.0 Å². The topological polar surface area (TPSA) is 288 Å². The Morgan fingerprint density at radius 1 is 0.463 bits per heavy atom. The maximum Gasteiger partial charge on any atom is 0.253 e. The molecule has 5 N–H and O–H groups in total. The van der Waals surface area contributed by atoms with Gasteiger partial charge in [-0.3, -0.25) is 4.79 Å². The SMILES string of the molecule is C=Cc1cc(NC2CCC(F)(F)CC2)nc(-n2ccc(CO[Si](C)(C)C(C)(C)C)n2)n1.C=[CH][Sn]([CH2]CCC)([CH2]CCC)[CH2]CCC.CC(=O)C1CC1c1cc(NC2CCC(F)(F)CC2)nc(-n2ccc(CO[Si](C)(C)C(C)(C)C)n2)n1.CC(C)(C)[Si](C)(C)OCc1ccn(-c2nc(Cl)cc(NC3CCC(F)(F)CC3)n2)n1.OCc1ccn(-c2nc(Cl)cc(NC3CCC(F)(F)CC3)n2)n1. The van der Waals surface area contributed by atoms with Gasteiger partial charge in [0.2, 0.25) is 23.7 Å². The molecule has 39 heteroatoms. The molecule has 0 bridgehead atoms. The monoisotopic (exact) mass is 2070 g/mol. The molecule has 13 rings (SSSR count). The molecule has 742 valence electrons. The summed E-state index contributed by atoms with van der Waals surface area (Å²) in [6.07, 6.45) is 20.0. The van der Waals surface area contributed by atoms with Gasteiger partial charge in [-0.25, -0.2) is 63.8 Å². The van der Waals surface area contributed by atoms with Crippen molar-refractivity contribution in [2.45, 2.75) is 386 Å². The van der Waals surface area contributed by atoms with Gasteiger partial charge in [0.05, 0.1) is 60.6 Å². The van der Waals surface area contributed by atoms with Gasteiger partial charge in [0.25, 0.3) is 23.8 Å². The van der Waals surface area contributed by atoms with Gasteiger partial charge in [0, 0.05) is 136 Å². The standard InChI is InChI=1S/C25H37F2N5O2Si.C22H33F2N5OSi.C20H30ClF2N5OSi.C14H16ClF2N5O.3C4H9.C2H3.Sn/c1-16(33)19-13-20(19)21-14-22(28-17-7-10-25(26,27)11-8-17)30-23(29-21)32-12-9-18(31-32)15-34-35(5,6)24(2,3)4;1-7-16-14-19(25-17-8-11-22(23,24)12-9-17)27-20(26-16)29-13-10-18(28-29)15-30-31(5,6)21(2,3)4;1-19(2,3)30(4,5)29-13-15-8-11-28(27-15)18-25-16(21)12-17(26-18)24-14-6-9-20(22,23)10-7-14;15-11-7-12(18-9-1-4-14(16,17)5-2-9)20-13(19-11)22-6-3-10(8-23)21-22;3*1-3-4-2;1-2;/h9,12,14,17,19-20H,7-8,10-11,13,15H2,1-6H3,(H,28,29,30);7,10,13-14,17H,1,8-9,11-12,15H2,2-6H3,(H,25,26,27);8,11-12,14H,6-7,9-10,13H2,1-5H3,(H,24,25,26);3,6-7,9,23H,1-2,4-5,8H2,(H,18,19,20);3*1,3-4H2,2H3;1H,2H2;. The minimum absolute atomic E-state index is 0.0230. The normalized spacial score (nSPS) is 18.4. The first-order valence-electron chi connectivity index (χ1n) is 47.6. The van der Waals surface area contributed by atoms with Crippen LogP contribution < -0.4 is 21.3 Å². The molecule has 0 amide bonds. The minimum Gasteiger partial charge on any atom is -0.411 e. The molecular formula is C95H146Cl2F8N20O5Si3Sn. The van der Waals surface area contributed by atoms with Crippen LogP contribution in [0.25, 0.3) is 29.9 Å². The second-order valence-electron chi connectivity index (χ2n) is 41.3. The van der Waals surface area contributed by atoms with Crippen molar-refractivity contribution in [3.63, 3.8) is 0 Å². The molecule has 5 fully saturated rings.